The molecule has 0 saturated heterocycles. The van der Waals surface area contributed by atoms with Crippen LogP contribution in [0.1, 0.15) is 37.8 Å². The van der Waals surface area contributed by atoms with Crippen LogP contribution in [-0.4, -0.2) is 48.8 Å². The van der Waals surface area contributed by atoms with Gasteiger partial charge >= 0.3 is 6.18 Å². The van der Waals surface area contributed by atoms with Crippen LogP contribution >= 0.6 is 11.6 Å². The van der Waals surface area contributed by atoms with Crippen molar-refractivity contribution in [2.45, 2.75) is 39.4 Å². The van der Waals surface area contributed by atoms with Crippen LogP contribution in [0.4, 0.5) is 13.2 Å². The average Bonchev–Trinajstić information content (AvgIpc) is 2.75. The van der Waals surface area contributed by atoms with E-state index in [-0.39, 0.29) is 12.1 Å². The molecule has 0 bridgehead atoms. The van der Waals surface area contributed by atoms with Gasteiger partial charge in [0.05, 0.1) is 29.7 Å². The number of allylic oxidation sites excluding steroid dienone is 2. The van der Waals surface area contributed by atoms with E-state index in [1.165, 1.54) is 18.3 Å². The summed E-state index contributed by atoms with van der Waals surface area (Å²) in [5.74, 6) is 0. The van der Waals surface area contributed by atoms with Crippen LogP contribution in [0.15, 0.2) is 56.5 Å². The third-order valence-corrected chi connectivity index (χ3v) is 5.24. The van der Waals surface area contributed by atoms with E-state index in [1.807, 2.05) is 16.7 Å². The summed E-state index contributed by atoms with van der Waals surface area (Å²) in [5.41, 5.74) is 3.95. The van der Waals surface area contributed by atoms with Crippen molar-refractivity contribution < 1.29 is 18.0 Å². The first-order chi connectivity index (χ1) is 15.2. The molecule has 0 atom stereocenters. The third-order valence-electron chi connectivity index (χ3n) is 5.05. The molecular weight excluding hydrogens is 443 g/mol. The Kier molecular flexibility index (Phi) is 9.31. The van der Waals surface area contributed by atoms with Gasteiger partial charge in [0.15, 0.2) is 0 Å². The topological polar surface area (TPSA) is 60.3 Å². The second-order valence-corrected chi connectivity index (χ2v) is 7.79. The maximum Gasteiger partial charge on any atom is 0.416 e. The Balaban J connectivity index is 2.36. The number of nitrogens with one attached hydrogen (secondary N) is 1. The summed E-state index contributed by atoms with van der Waals surface area (Å²) in [6.07, 6.45) is -1.21. The Bertz CT molecular complexity index is 907. The number of hydrazone groups is 1. The van der Waals surface area contributed by atoms with Gasteiger partial charge in [0.1, 0.15) is 0 Å². The van der Waals surface area contributed by atoms with Crippen molar-refractivity contribution in [2.24, 2.45) is 10.1 Å². The van der Waals surface area contributed by atoms with E-state index in [1.54, 1.807) is 13.0 Å². The molecule has 0 radical (unpaired) electrons. The molecule has 1 aromatic carbocycles. The molecule has 0 aliphatic carbocycles. The maximum atomic E-state index is 13.5. The Hall–Kier alpha value is -2.81. The summed E-state index contributed by atoms with van der Waals surface area (Å²) < 4.78 is 40.5. The number of aliphatic imine (C=N–C) groups is 1. The summed E-state index contributed by atoms with van der Waals surface area (Å²) in [4.78, 5) is 18.5. The predicted octanol–water partition coefficient (Wildman–Crippen LogP) is 4.74. The largest absolute Gasteiger partial charge is 0.416 e. The standard InChI is InChI=1S/C22H27ClF3N5O/c1-4-10-30(13-17-7-5-6-8-18(17)22(24,25)26)20-9-11-31(14-19(20)27-3)21(16(2)23)12-28-29-15-32/h5-8,12,15H,3-4,9-11,13-14H2,1-2H3,(H,29,32)/b21-16-,28-12-. The molecule has 2 rings (SSSR count). The first-order valence-electron chi connectivity index (χ1n) is 10.1. The van der Waals surface area contributed by atoms with Gasteiger partial charge in [-0.25, -0.2) is 5.43 Å². The lowest BCUT2D eigenvalue weighted by molar-refractivity contribution is -0.138. The maximum absolute atomic E-state index is 13.5. The summed E-state index contributed by atoms with van der Waals surface area (Å²) in [6.45, 7) is 9.00. The second kappa shape index (κ2) is 11.7. The Morgan fingerprint density at radius 2 is 2.09 bits per heavy atom. The number of carbonyl (C=O) groups is 1. The molecule has 1 aromatic rings. The number of halogens is 4. The second-order valence-electron chi connectivity index (χ2n) is 7.22. The fraction of sp³-hybridized carbons (Fsp3) is 0.409. The van der Waals surface area contributed by atoms with E-state index in [0.29, 0.717) is 48.9 Å². The van der Waals surface area contributed by atoms with Gasteiger partial charge in [0.25, 0.3) is 0 Å². The van der Waals surface area contributed by atoms with Crippen molar-refractivity contribution in [3.05, 3.63) is 57.5 Å². The van der Waals surface area contributed by atoms with Crippen LogP contribution in [-0.2, 0) is 17.5 Å². The quantitative estimate of drug-likeness (QED) is 0.306. The van der Waals surface area contributed by atoms with E-state index in [4.69, 9.17) is 11.6 Å². The summed E-state index contributed by atoms with van der Waals surface area (Å²) in [6, 6.07) is 5.63. The van der Waals surface area contributed by atoms with Crippen LogP contribution in [0.3, 0.4) is 0 Å². The highest BCUT2D eigenvalue weighted by Crippen LogP contribution is 2.34. The van der Waals surface area contributed by atoms with E-state index in [0.717, 1.165) is 18.2 Å². The van der Waals surface area contributed by atoms with Crippen molar-refractivity contribution in [3.8, 4) is 0 Å². The third kappa shape index (κ3) is 6.59. The van der Waals surface area contributed by atoms with Crippen LogP contribution in [0.2, 0.25) is 0 Å². The predicted molar refractivity (Wildman–Crippen MR) is 121 cm³/mol. The van der Waals surface area contributed by atoms with Crippen molar-refractivity contribution in [3.63, 3.8) is 0 Å². The van der Waals surface area contributed by atoms with Crippen molar-refractivity contribution >= 4 is 30.9 Å². The summed E-state index contributed by atoms with van der Waals surface area (Å²) in [7, 11) is 0. The summed E-state index contributed by atoms with van der Waals surface area (Å²) in [5, 5.41) is 4.29. The Labute approximate surface area is 191 Å². The highest BCUT2D eigenvalue weighted by atomic mass is 35.5. The molecule has 1 amide bonds. The molecule has 0 spiro atoms. The highest BCUT2D eigenvalue weighted by Gasteiger charge is 2.34. The van der Waals surface area contributed by atoms with Gasteiger partial charge in [-0.05, 0) is 31.7 Å². The molecule has 32 heavy (non-hydrogen) atoms. The first kappa shape index (κ1) is 25.5. The zero-order chi connectivity index (χ0) is 23.7. The van der Waals surface area contributed by atoms with Crippen LogP contribution in [0, 0.1) is 0 Å². The van der Waals surface area contributed by atoms with Crippen LogP contribution in [0.25, 0.3) is 0 Å². The monoisotopic (exact) mass is 469 g/mol. The van der Waals surface area contributed by atoms with Gasteiger partial charge in [-0.3, -0.25) is 9.79 Å². The fourth-order valence-corrected chi connectivity index (χ4v) is 3.83. The molecule has 0 aromatic heterocycles. The average molecular weight is 470 g/mol. The van der Waals surface area contributed by atoms with E-state index in [9.17, 15) is 18.0 Å². The van der Waals surface area contributed by atoms with Gasteiger partial charge in [0, 0.05) is 36.8 Å². The smallest absolute Gasteiger partial charge is 0.369 e. The van der Waals surface area contributed by atoms with E-state index >= 15 is 0 Å². The number of nitrogens with zero attached hydrogens (tertiary/aromatic N) is 4. The molecule has 0 saturated carbocycles. The number of carbonyl (C=O) groups excluding carboxylic acids is 1. The lowest BCUT2D eigenvalue weighted by Gasteiger charge is -2.37. The molecule has 0 unspecified atom stereocenters. The van der Waals surface area contributed by atoms with E-state index < -0.39 is 11.7 Å². The minimum atomic E-state index is -4.42. The number of hydrogen-bond donors (Lipinski definition) is 1. The minimum Gasteiger partial charge on any atom is -0.369 e. The molecular formula is C22H27ClF3N5O. The van der Waals surface area contributed by atoms with Crippen molar-refractivity contribution in [1.29, 1.82) is 0 Å². The lowest BCUT2D eigenvalue weighted by atomic mass is 10.0. The number of rotatable bonds is 10. The molecule has 1 heterocycles. The number of amides is 1. The van der Waals surface area contributed by atoms with Crippen molar-refractivity contribution in [2.75, 3.05) is 19.6 Å². The number of benzene rings is 1. The van der Waals surface area contributed by atoms with Gasteiger partial charge in [-0.2, -0.15) is 18.3 Å². The normalized spacial score (nSPS) is 15.6. The molecule has 10 heteroatoms. The molecule has 174 valence electrons. The first-order valence-corrected chi connectivity index (χ1v) is 10.5. The fourth-order valence-electron chi connectivity index (χ4n) is 3.66. The van der Waals surface area contributed by atoms with Crippen molar-refractivity contribution in [1.82, 2.24) is 15.2 Å². The highest BCUT2D eigenvalue weighted by molar-refractivity contribution is 6.30. The van der Waals surface area contributed by atoms with Gasteiger partial charge in [-0.15, -0.1) is 0 Å². The molecule has 6 nitrogen and oxygen atoms in total. The number of alkyl halides is 3. The zero-order valence-corrected chi connectivity index (χ0v) is 18.9. The van der Waals surface area contributed by atoms with Crippen LogP contribution < -0.4 is 5.43 Å². The Morgan fingerprint density at radius 1 is 1.38 bits per heavy atom. The van der Waals surface area contributed by atoms with Gasteiger partial charge in [-0.1, -0.05) is 36.7 Å². The molecule has 1 aliphatic heterocycles. The van der Waals surface area contributed by atoms with E-state index in [2.05, 4.69) is 22.2 Å². The SMILES string of the molecule is C=NC1=C(N(CCC)Cc2ccccc2C(F)(F)F)CCN(C(/C=N\NC=O)=C(/C)Cl)C1. The van der Waals surface area contributed by atoms with Gasteiger partial charge in [0.2, 0.25) is 6.41 Å². The van der Waals surface area contributed by atoms with Crippen LogP contribution in [0.5, 0.6) is 0 Å². The molecule has 1 N–H and O–H groups in total. The van der Waals surface area contributed by atoms with Gasteiger partial charge < -0.3 is 9.80 Å². The Morgan fingerprint density at radius 3 is 2.69 bits per heavy atom. The summed E-state index contributed by atoms with van der Waals surface area (Å²) >= 11 is 6.21. The minimum absolute atomic E-state index is 0.125. The molecule has 1 aliphatic rings. The zero-order valence-electron chi connectivity index (χ0n) is 18.1. The lowest BCUT2D eigenvalue weighted by Crippen LogP contribution is -2.37. The molecule has 0 fully saturated rings. The number of hydrogen-bond acceptors (Lipinski definition) is 5.